The van der Waals surface area contributed by atoms with E-state index in [0.29, 0.717) is 12.5 Å². The maximum absolute atomic E-state index is 10.6. The maximum atomic E-state index is 10.6. The first-order chi connectivity index (χ1) is 7.63. The summed E-state index contributed by atoms with van der Waals surface area (Å²) in [6, 6.07) is -0.576. The number of aromatic nitrogens is 2. The van der Waals surface area contributed by atoms with E-state index in [1.165, 1.54) is 0 Å². The van der Waals surface area contributed by atoms with Gasteiger partial charge in [0, 0.05) is 31.0 Å². The smallest absolute Gasteiger partial charge is 0.320 e. The standard InChI is InChI=1S/C10H16N4O2/c1-3-11-10-13-5-8(6-14-10)4-12-7(2)9(15)16/h5-7,12H,3-4H2,1-2H3,(H,15,16)(H,11,13,14)/t7-/m0/s1. The first-order valence-corrected chi connectivity index (χ1v) is 5.14. The lowest BCUT2D eigenvalue weighted by Gasteiger charge is -2.08. The molecule has 16 heavy (non-hydrogen) atoms. The number of nitrogens with zero attached hydrogens (tertiary/aromatic N) is 2. The van der Waals surface area contributed by atoms with Crippen LogP contribution in [0, 0.1) is 0 Å². The molecule has 1 aromatic heterocycles. The van der Waals surface area contributed by atoms with E-state index in [4.69, 9.17) is 5.11 Å². The van der Waals surface area contributed by atoms with Crippen molar-refractivity contribution in [3.63, 3.8) is 0 Å². The zero-order chi connectivity index (χ0) is 12.0. The molecule has 1 atom stereocenters. The van der Waals surface area contributed by atoms with Crippen LogP contribution in [0.25, 0.3) is 0 Å². The van der Waals surface area contributed by atoms with Crippen LogP contribution in [0.15, 0.2) is 12.4 Å². The van der Waals surface area contributed by atoms with Gasteiger partial charge in [0.1, 0.15) is 6.04 Å². The molecule has 0 spiro atoms. The second-order valence-electron chi connectivity index (χ2n) is 3.39. The number of carbonyl (C=O) groups is 1. The topological polar surface area (TPSA) is 87.1 Å². The van der Waals surface area contributed by atoms with Gasteiger partial charge < -0.3 is 15.7 Å². The second-order valence-corrected chi connectivity index (χ2v) is 3.39. The fourth-order valence-electron chi connectivity index (χ4n) is 1.05. The van der Waals surface area contributed by atoms with Crippen molar-refractivity contribution >= 4 is 11.9 Å². The zero-order valence-electron chi connectivity index (χ0n) is 9.40. The van der Waals surface area contributed by atoms with Crippen molar-refractivity contribution in [3.05, 3.63) is 18.0 Å². The average Bonchev–Trinajstić information content (AvgIpc) is 2.28. The third-order valence-electron chi connectivity index (χ3n) is 2.02. The SMILES string of the molecule is CCNc1ncc(CN[C@@H](C)C(=O)O)cn1. The molecule has 88 valence electrons. The van der Waals surface area contributed by atoms with Gasteiger partial charge in [-0.15, -0.1) is 0 Å². The number of hydrogen-bond acceptors (Lipinski definition) is 5. The number of hydrogen-bond donors (Lipinski definition) is 3. The monoisotopic (exact) mass is 224 g/mol. The highest BCUT2D eigenvalue weighted by Crippen LogP contribution is 2.00. The van der Waals surface area contributed by atoms with Crippen molar-refractivity contribution in [2.24, 2.45) is 0 Å². The Morgan fingerprint density at radius 1 is 1.50 bits per heavy atom. The van der Waals surface area contributed by atoms with Gasteiger partial charge in [-0.2, -0.15) is 0 Å². The Kier molecular flexibility index (Phi) is 4.65. The fraction of sp³-hybridized carbons (Fsp3) is 0.500. The third-order valence-corrected chi connectivity index (χ3v) is 2.02. The molecule has 0 aliphatic heterocycles. The highest BCUT2D eigenvalue weighted by atomic mass is 16.4. The average molecular weight is 224 g/mol. The Morgan fingerprint density at radius 3 is 2.62 bits per heavy atom. The summed E-state index contributed by atoms with van der Waals surface area (Å²) < 4.78 is 0. The Hall–Kier alpha value is -1.69. The summed E-state index contributed by atoms with van der Waals surface area (Å²) in [6.07, 6.45) is 3.35. The Morgan fingerprint density at radius 2 is 2.12 bits per heavy atom. The van der Waals surface area contributed by atoms with Gasteiger partial charge in [0.05, 0.1) is 0 Å². The number of nitrogens with one attached hydrogen (secondary N) is 2. The lowest BCUT2D eigenvalue weighted by Crippen LogP contribution is -2.33. The summed E-state index contributed by atoms with van der Waals surface area (Å²) in [5.41, 5.74) is 0.856. The molecule has 0 saturated heterocycles. The van der Waals surface area contributed by atoms with E-state index in [9.17, 15) is 4.79 Å². The molecule has 0 aromatic carbocycles. The van der Waals surface area contributed by atoms with Gasteiger partial charge in [-0.25, -0.2) is 9.97 Å². The largest absolute Gasteiger partial charge is 0.480 e. The number of rotatable bonds is 6. The molecule has 0 fully saturated rings. The zero-order valence-corrected chi connectivity index (χ0v) is 9.40. The van der Waals surface area contributed by atoms with Crippen LogP contribution in [0.4, 0.5) is 5.95 Å². The van der Waals surface area contributed by atoms with Crippen LogP contribution in [0.2, 0.25) is 0 Å². The van der Waals surface area contributed by atoms with Crippen LogP contribution in [0.5, 0.6) is 0 Å². The predicted molar refractivity (Wildman–Crippen MR) is 60.1 cm³/mol. The third kappa shape index (κ3) is 3.82. The lowest BCUT2D eigenvalue weighted by atomic mass is 10.3. The molecule has 0 aliphatic rings. The minimum absolute atomic E-state index is 0.444. The minimum Gasteiger partial charge on any atom is -0.480 e. The predicted octanol–water partition coefficient (Wildman–Crippen LogP) is 0.471. The van der Waals surface area contributed by atoms with Crippen molar-refractivity contribution < 1.29 is 9.90 Å². The fourth-order valence-corrected chi connectivity index (χ4v) is 1.05. The van der Waals surface area contributed by atoms with E-state index >= 15 is 0 Å². The molecule has 0 unspecified atom stereocenters. The second kappa shape index (κ2) is 6.02. The van der Waals surface area contributed by atoms with E-state index in [-0.39, 0.29) is 0 Å². The molecule has 1 aromatic rings. The Bertz CT molecular complexity index is 339. The summed E-state index contributed by atoms with van der Waals surface area (Å²) >= 11 is 0. The van der Waals surface area contributed by atoms with E-state index in [1.807, 2.05) is 6.92 Å². The molecular weight excluding hydrogens is 208 g/mol. The van der Waals surface area contributed by atoms with Crippen LogP contribution < -0.4 is 10.6 Å². The van der Waals surface area contributed by atoms with Crippen LogP contribution >= 0.6 is 0 Å². The van der Waals surface area contributed by atoms with Crippen molar-refractivity contribution in [3.8, 4) is 0 Å². The highest BCUT2D eigenvalue weighted by Gasteiger charge is 2.09. The van der Waals surface area contributed by atoms with Gasteiger partial charge in [0.15, 0.2) is 0 Å². The van der Waals surface area contributed by atoms with Crippen LogP contribution in [-0.4, -0.2) is 33.6 Å². The highest BCUT2D eigenvalue weighted by molar-refractivity contribution is 5.72. The summed E-state index contributed by atoms with van der Waals surface area (Å²) in [5, 5.41) is 14.5. The number of aliphatic carboxylic acids is 1. The lowest BCUT2D eigenvalue weighted by molar-refractivity contribution is -0.139. The molecule has 0 amide bonds. The van der Waals surface area contributed by atoms with E-state index < -0.39 is 12.0 Å². The van der Waals surface area contributed by atoms with Gasteiger partial charge in [-0.1, -0.05) is 0 Å². The van der Waals surface area contributed by atoms with Crippen LogP contribution in [0.1, 0.15) is 19.4 Å². The maximum Gasteiger partial charge on any atom is 0.320 e. The van der Waals surface area contributed by atoms with Crippen molar-refractivity contribution in [1.29, 1.82) is 0 Å². The van der Waals surface area contributed by atoms with E-state index in [1.54, 1.807) is 19.3 Å². The molecule has 1 rings (SSSR count). The summed E-state index contributed by atoms with van der Waals surface area (Å²) in [7, 11) is 0. The van der Waals surface area contributed by atoms with Crippen molar-refractivity contribution in [1.82, 2.24) is 15.3 Å². The van der Waals surface area contributed by atoms with E-state index in [2.05, 4.69) is 20.6 Å². The first kappa shape index (κ1) is 12.4. The molecule has 0 aliphatic carbocycles. The van der Waals surface area contributed by atoms with Gasteiger partial charge in [-0.3, -0.25) is 4.79 Å². The van der Waals surface area contributed by atoms with Crippen molar-refractivity contribution in [2.45, 2.75) is 26.4 Å². The Balaban J connectivity index is 2.46. The molecule has 0 radical (unpaired) electrons. The number of carboxylic acid groups (broad SMARTS) is 1. The summed E-state index contributed by atoms with van der Waals surface area (Å²) in [6.45, 7) is 4.77. The molecule has 3 N–H and O–H groups in total. The minimum atomic E-state index is -0.870. The molecule has 6 nitrogen and oxygen atoms in total. The molecule has 1 heterocycles. The van der Waals surface area contributed by atoms with Crippen LogP contribution in [0.3, 0.4) is 0 Å². The molecule has 0 saturated carbocycles. The summed E-state index contributed by atoms with van der Waals surface area (Å²) in [5.74, 6) is -0.289. The number of carboxylic acids is 1. The van der Waals surface area contributed by atoms with E-state index in [0.717, 1.165) is 12.1 Å². The first-order valence-electron chi connectivity index (χ1n) is 5.14. The molecule has 0 bridgehead atoms. The van der Waals surface area contributed by atoms with Crippen molar-refractivity contribution in [2.75, 3.05) is 11.9 Å². The quantitative estimate of drug-likeness (QED) is 0.651. The molecular formula is C10H16N4O2. The van der Waals surface area contributed by atoms with Gasteiger partial charge >= 0.3 is 5.97 Å². The number of anilines is 1. The normalized spacial score (nSPS) is 12.1. The van der Waals surface area contributed by atoms with Gasteiger partial charge in [-0.05, 0) is 13.8 Å². The van der Waals surface area contributed by atoms with Gasteiger partial charge in [0.2, 0.25) is 5.95 Å². The molecule has 6 heteroatoms. The Labute approximate surface area is 94.1 Å². The van der Waals surface area contributed by atoms with Gasteiger partial charge in [0.25, 0.3) is 0 Å². The summed E-state index contributed by atoms with van der Waals surface area (Å²) in [4.78, 5) is 18.7. The van der Waals surface area contributed by atoms with Crippen LogP contribution in [-0.2, 0) is 11.3 Å².